The third kappa shape index (κ3) is 7.22. The van der Waals surface area contributed by atoms with Crippen LogP contribution in [0.15, 0.2) is 72.8 Å². The van der Waals surface area contributed by atoms with E-state index in [1.54, 1.807) is 29.2 Å². The van der Waals surface area contributed by atoms with Gasteiger partial charge in [0.05, 0.1) is 11.6 Å². The van der Waals surface area contributed by atoms with Crippen molar-refractivity contribution in [3.05, 3.63) is 95.1 Å². The van der Waals surface area contributed by atoms with Gasteiger partial charge in [0.25, 0.3) is 0 Å². The number of ether oxygens (including phenoxy) is 1. The highest BCUT2D eigenvalue weighted by Crippen LogP contribution is 2.22. The molecule has 0 saturated heterocycles. The summed E-state index contributed by atoms with van der Waals surface area (Å²) in [4.78, 5) is 26.1. The number of nitriles is 1. The van der Waals surface area contributed by atoms with Gasteiger partial charge in [0.1, 0.15) is 12.4 Å². The summed E-state index contributed by atoms with van der Waals surface area (Å²) in [5.41, 5.74) is 4.11. The predicted octanol–water partition coefficient (Wildman–Crippen LogP) is 4.82. The minimum absolute atomic E-state index is 0.0651. The molecule has 0 aromatic heterocycles. The van der Waals surface area contributed by atoms with E-state index in [2.05, 4.69) is 11.4 Å². The number of carbonyl (C=O) groups is 2. The molecule has 33 heavy (non-hydrogen) atoms. The average Bonchev–Trinajstić information content (AvgIpc) is 2.82. The maximum atomic E-state index is 12.5. The lowest BCUT2D eigenvalue weighted by molar-refractivity contribution is -0.129. The summed E-state index contributed by atoms with van der Waals surface area (Å²) in [5, 5.41) is 11.9. The monoisotopic (exact) mass is 441 g/mol. The molecule has 3 aromatic rings. The Morgan fingerprint density at radius 1 is 1.00 bits per heavy atom. The molecule has 0 aliphatic carbocycles. The molecule has 6 nitrogen and oxygen atoms in total. The van der Waals surface area contributed by atoms with Gasteiger partial charge in [-0.2, -0.15) is 5.26 Å². The lowest BCUT2D eigenvalue weighted by atomic mass is 10.1. The highest BCUT2D eigenvalue weighted by molar-refractivity contribution is 5.92. The van der Waals surface area contributed by atoms with Crippen LogP contribution in [0, 0.1) is 18.3 Å². The number of nitrogens with zero attached hydrogens (tertiary/aromatic N) is 2. The van der Waals surface area contributed by atoms with E-state index in [1.807, 2.05) is 55.5 Å². The Morgan fingerprint density at radius 3 is 2.45 bits per heavy atom. The van der Waals surface area contributed by atoms with E-state index in [0.717, 1.165) is 16.7 Å². The van der Waals surface area contributed by atoms with Crippen molar-refractivity contribution in [1.29, 1.82) is 5.26 Å². The highest BCUT2D eigenvalue weighted by Gasteiger charge is 2.13. The number of carbonyl (C=O) groups excluding carboxylic acids is 2. The number of rotatable bonds is 9. The van der Waals surface area contributed by atoms with Crippen molar-refractivity contribution in [3.8, 4) is 11.8 Å². The molecule has 2 amide bonds. The van der Waals surface area contributed by atoms with E-state index >= 15 is 0 Å². The second-order valence-corrected chi connectivity index (χ2v) is 7.80. The van der Waals surface area contributed by atoms with Crippen LogP contribution in [-0.2, 0) is 22.7 Å². The number of nitrogens with one attached hydrogen (secondary N) is 1. The largest absolute Gasteiger partial charge is 0.489 e. The standard InChI is InChI=1S/C27H27N3O3/c1-20-15-25(33-19-24-10-6-9-23(16-24)17-28)11-12-26(20)29-27(32)13-14-30(21(2)31)18-22-7-4-3-5-8-22/h3-12,15-16H,13-14,18-19H2,1-2H3,(H,29,32). The Labute approximate surface area is 194 Å². The number of anilines is 1. The van der Waals surface area contributed by atoms with Crippen molar-refractivity contribution in [2.75, 3.05) is 11.9 Å². The third-order valence-corrected chi connectivity index (χ3v) is 5.20. The second kappa shape index (κ2) is 11.5. The predicted molar refractivity (Wildman–Crippen MR) is 127 cm³/mol. The molecule has 0 radical (unpaired) electrons. The first-order valence-corrected chi connectivity index (χ1v) is 10.8. The Hall–Kier alpha value is -4.11. The molecule has 168 valence electrons. The fourth-order valence-corrected chi connectivity index (χ4v) is 3.36. The molecule has 6 heteroatoms. The van der Waals surface area contributed by atoms with Crippen molar-refractivity contribution in [1.82, 2.24) is 4.90 Å². The average molecular weight is 442 g/mol. The third-order valence-electron chi connectivity index (χ3n) is 5.20. The Morgan fingerprint density at radius 2 is 1.76 bits per heavy atom. The van der Waals surface area contributed by atoms with Crippen molar-refractivity contribution >= 4 is 17.5 Å². The summed E-state index contributed by atoms with van der Waals surface area (Å²) in [6, 6.07) is 24.6. The summed E-state index contributed by atoms with van der Waals surface area (Å²) < 4.78 is 5.83. The van der Waals surface area contributed by atoms with E-state index in [0.29, 0.717) is 36.7 Å². The normalized spacial score (nSPS) is 10.2. The van der Waals surface area contributed by atoms with Crippen LogP contribution in [0.25, 0.3) is 0 Å². The molecule has 3 aromatic carbocycles. The molecule has 0 heterocycles. The van der Waals surface area contributed by atoms with Crippen LogP contribution < -0.4 is 10.1 Å². The zero-order valence-electron chi connectivity index (χ0n) is 18.9. The van der Waals surface area contributed by atoms with Gasteiger partial charge in [-0.25, -0.2) is 0 Å². The van der Waals surface area contributed by atoms with Crippen LogP contribution in [0.5, 0.6) is 5.75 Å². The van der Waals surface area contributed by atoms with Gasteiger partial charge in [0.2, 0.25) is 11.8 Å². The maximum absolute atomic E-state index is 12.5. The smallest absolute Gasteiger partial charge is 0.226 e. The summed E-state index contributed by atoms with van der Waals surface area (Å²) >= 11 is 0. The van der Waals surface area contributed by atoms with Crippen LogP contribution in [0.3, 0.4) is 0 Å². The summed E-state index contributed by atoms with van der Waals surface area (Å²) in [6.45, 7) is 4.59. The summed E-state index contributed by atoms with van der Waals surface area (Å²) in [6.07, 6.45) is 0.208. The van der Waals surface area contributed by atoms with E-state index in [-0.39, 0.29) is 18.2 Å². The molecule has 0 aliphatic rings. The Balaban J connectivity index is 1.52. The van der Waals surface area contributed by atoms with Crippen molar-refractivity contribution in [2.45, 2.75) is 33.4 Å². The number of benzene rings is 3. The second-order valence-electron chi connectivity index (χ2n) is 7.80. The summed E-state index contributed by atoms with van der Waals surface area (Å²) in [5.74, 6) is 0.461. The number of amides is 2. The molecular weight excluding hydrogens is 414 g/mol. The summed E-state index contributed by atoms with van der Waals surface area (Å²) in [7, 11) is 0. The molecule has 0 spiro atoms. The van der Waals surface area contributed by atoms with Crippen LogP contribution >= 0.6 is 0 Å². The first-order chi connectivity index (χ1) is 15.9. The Kier molecular flexibility index (Phi) is 8.20. The maximum Gasteiger partial charge on any atom is 0.226 e. The number of hydrogen-bond acceptors (Lipinski definition) is 4. The topological polar surface area (TPSA) is 82.4 Å². The van der Waals surface area contributed by atoms with Gasteiger partial charge in [0.15, 0.2) is 0 Å². The van der Waals surface area contributed by atoms with Crippen LogP contribution in [0.1, 0.15) is 35.6 Å². The van der Waals surface area contributed by atoms with Gasteiger partial charge in [0, 0.05) is 32.1 Å². The van der Waals surface area contributed by atoms with Gasteiger partial charge in [-0.05, 0) is 53.9 Å². The van der Waals surface area contributed by atoms with E-state index in [4.69, 9.17) is 10.00 Å². The van der Waals surface area contributed by atoms with Gasteiger partial charge >= 0.3 is 0 Å². The minimum Gasteiger partial charge on any atom is -0.489 e. The van der Waals surface area contributed by atoms with Gasteiger partial charge in [-0.1, -0.05) is 42.5 Å². The number of aryl methyl sites for hydroxylation is 1. The van der Waals surface area contributed by atoms with Crippen molar-refractivity contribution in [3.63, 3.8) is 0 Å². The van der Waals surface area contributed by atoms with Gasteiger partial charge < -0.3 is 15.0 Å². The molecule has 0 aliphatic heterocycles. The van der Waals surface area contributed by atoms with E-state index in [9.17, 15) is 9.59 Å². The van der Waals surface area contributed by atoms with Gasteiger partial charge in [-0.15, -0.1) is 0 Å². The van der Waals surface area contributed by atoms with Crippen LogP contribution in [-0.4, -0.2) is 23.3 Å². The van der Waals surface area contributed by atoms with E-state index < -0.39 is 0 Å². The molecule has 3 rings (SSSR count). The quantitative estimate of drug-likeness (QED) is 0.516. The van der Waals surface area contributed by atoms with Crippen molar-refractivity contribution in [2.24, 2.45) is 0 Å². The molecule has 0 fully saturated rings. The molecule has 0 saturated carbocycles. The van der Waals surface area contributed by atoms with Gasteiger partial charge in [-0.3, -0.25) is 9.59 Å². The molecule has 0 unspecified atom stereocenters. The zero-order valence-corrected chi connectivity index (χ0v) is 18.9. The SMILES string of the molecule is CC(=O)N(CCC(=O)Nc1ccc(OCc2cccc(C#N)c2)cc1C)Cc1ccccc1. The fraction of sp³-hybridized carbons (Fsp3) is 0.222. The Bertz CT molecular complexity index is 1150. The lowest BCUT2D eigenvalue weighted by Gasteiger charge is -2.21. The van der Waals surface area contributed by atoms with E-state index in [1.165, 1.54) is 6.92 Å². The minimum atomic E-state index is -0.153. The molecular formula is C27H27N3O3. The van der Waals surface area contributed by atoms with Crippen LogP contribution in [0.4, 0.5) is 5.69 Å². The fourth-order valence-electron chi connectivity index (χ4n) is 3.36. The molecule has 1 N–H and O–H groups in total. The zero-order chi connectivity index (χ0) is 23.6. The van der Waals surface area contributed by atoms with Crippen LogP contribution in [0.2, 0.25) is 0 Å². The van der Waals surface area contributed by atoms with Crippen molar-refractivity contribution < 1.29 is 14.3 Å². The first kappa shape index (κ1) is 23.6. The highest BCUT2D eigenvalue weighted by atomic mass is 16.5. The number of hydrogen-bond donors (Lipinski definition) is 1. The molecule has 0 bridgehead atoms. The lowest BCUT2D eigenvalue weighted by Crippen LogP contribution is -2.31. The molecule has 0 atom stereocenters. The first-order valence-electron chi connectivity index (χ1n) is 10.8.